The molecule has 1 aromatic carbocycles. The number of nitrogens with one attached hydrogen (secondary N) is 1. The second-order valence-electron chi connectivity index (χ2n) is 4.13. The zero-order valence-electron chi connectivity index (χ0n) is 11.1. The van der Waals surface area contributed by atoms with Gasteiger partial charge >= 0.3 is 0 Å². The van der Waals surface area contributed by atoms with Crippen LogP contribution >= 0.6 is 0 Å². The molecule has 0 heterocycles. The van der Waals surface area contributed by atoms with Crippen molar-refractivity contribution in [3.63, 3.8) is 0 Å². The summed E-state index contributed by atoms with van der Waals surface area (Å²) < 4.78 is 5.22. The molecule has 5 N–H and O–H groups in total. The largest absolute Gasteiger partial charge is 0.497 e. The summed E-state index contributed by atoms with van der Waals surface area (Å²) in [6, 6.07) is 8.02. The highest BCUT2D eigenvalue weighted by molar-refractivity contribution is 5.77. The van der Waals surface area contributed by atoms with Crippen LogP contribution < -0.4 is 21.7 Å². The molecule has 6 nitrogen and oxygen atoms in total. The predicted octanol–water partition coefficient (Wildman–Crippen LogP) is 0.0759. The lowest BCUT2D eigenvalue weighted by Crippen LogP contribution is -2.37. The van der Waals surface area contributed by atoms with Crippen LogP contribution in [0.25, 0.3) is 0 Å². The molecule has 0 spiro atoms. The third-order valence-corrected chi connectivity index (χ3v) is 2.68. The van der Waals surface area contributed by atoms with Crippen LogP contribution in [0.15, 0.2) is 29.3 Å². The minimum Gasteiger partial charge on any atom is -0.497 e. The number of likely N-dealkylation sites (N-methyl/N-ethyl adjacent to an activating group) is 1. The number of aliphatic imine (C=N–C) groups is 1. The summed E-state index contributed by atoms with van der Waals surface area (Å²) in [6.07, 6.45) is 0. The molecule has 1 rings (SSSR count). The summed E-state index contributed by atoms with van der Waals surface area (Å²) >= 11 is 0. The monoisotopic (exact) mass is 251 g/mol. The fraction of sp³-hybridized carbons (Fsp3) is 0.417. The van der Waals surface area contributed by atoms with E-state index in [1.165, 1.54) is 0 Å². The number of guanidine groups is 1. The second kappa shape index (κ2) is 6.83. The molecule has 1 atom stereocenters. The first kappa shape index (κ1) is 14.3. The fourth-order valence-corrected chi connectivity index (χ4v) is 1.65. The van der Waals surface area contributed by atoms with E-state index < -0.39 is 0 Å². The third-order valence-electron chi connectivity index (χ3n) is 2.68. The van der Waals surface area contributed by atoms with E-state index in [0.29, 0.717) is 6.54 Å². The first-order chi connectivity index (χ1) is 8.58. The Morgan fingerprint density at radius 2 is 2.22 bits per heavy atom. The maximum absolute atomic E-state index is 5.53. The zero-order valence-corrected chi connectivity index (χ0v) is 11.1. The molecule has 0 aliphatic carbocycles. The normalized spacial score (nSPS) is 13.5. The third kappa shape index (κ3) is 3.90. The second-order valence-corrected chi connectivity index (χ2v) is 4.13. The van der Waals surface area contributed by atoms with E-state index in [9.17, 15) is 0 Å². The number of hydrazine groups is 1. The van der Waals surface area contributed by atoms with Crippen LogP contribution in [-0.2, 0) is 0 Å². The van der Waals surface area contributed by atoms with Crippen molar-refractivity contribution in [3.05, 3.63) is 29.8 Å². The molecule has 1 unspecified atom stereocenters. The van der Waals surface area contributed by atoms with Gasteiger partial charge in [0.25, 0.3) is 0 Å². The molecular weight excluding hydrogens is 230 g/mol. The minimum atomic E-state index is 0.118. The number of hydrogen-bond acceptors (Lipinski definition) is 4. The van der Waals surface area contributed by atoms with Gasteiger partial charge in [-0.2, -0.15) is 0 Å². The van der Waals surface area contributed by atoms with Crippen LogP contribution in [0.5, 0.6) is 5.75 Å². The Morgan fingerprint density at radius 3 is 2.78 bits per heavy atom. The Balaban J connectivity index is 2.90. The van der Waals surface area contributed by atoms with Crippen LogP contribution in [0.3, 0.4) is 0 Å². The van der Waals surface area contributed by atoms with Gasteiger partial charge in [-0.15, -0.1) is 0 Å². The quantitative estimate of drug-likeness (QED) is 0.298. The summed E-state index contributed by atoms with van der Waals surface area (Å²) in [6.45, 7) is 0.524. The molecule has 0 saturated heterocycles. The lowest BCUT2D eigenvalue weighted by Gasteiger charge is -2.23. The molecule has 0 bridgehead atoms. The molecule has 100 valence electrons. The molecule has 0 aromatic heterocycles. The van der Waals surface area contributed by atoms with E-state index in [1.807, 2.05) is 38.4 Å². The molecule has 0 saturated carbocycles. The summed E-state index contributed by atoms with van der Waals surface area (Å²) in [5.41, 5.74) is 8.96. The van der Waals surface area contributed by atoms with Gasteiger partial charge in [0, 0.05) is 0 Å². The molecular formula is C12H21N5O. The minimum absolute atomic E-state index is 0.118. The van der Waals surface area contributed by atoms with Crippen LogP contribution in [0.4, 0.5) is 0 Å². The van der Waals surface area contributed by atoms with Gasteiger partial charge in [0.15, 0.2) is 0 Å². The summed E-state index contributed by atoms with van der Waals surface area (Å²) in [7, 11) is 5.63. The zero-order chi connectivity index (χ0) is 13.5. The van der Waals surface area contributed by atoms with E-state index in [0.717, 1.165) is 11.3 Å². The highest BCUT2D eigenvalue weighted by Gasteiger charge is 2.14. The number of benzene rings is 1. The van der Waals surface area contributed by atoms with Gasteiger partial charge in [-0.25, -0.2) is 5.84 Å². The van der Waals surface area contributed by atoms with Gasteiger partial charge in [0.1, 0.15) is 5.75 Å². The SMILES string of the molecule is COc1cccc(C(CN=C(N)NN)N(C)C)c1. The van der Waals surface area contributed by atoms with Gasteiger partial charge in [-0.3, -0.25) is 10.4 Å². The number of nitrogens with two attached hydrogens (primary N) is 2. The number of hydrogen-bond donors (Lipinski definition) is 3. The Hall–Kier alpha value is -1.79. The molecule has 0 aliphatic heterocycles. The van der Waals surface area contributed by atoms with Gasteiger partial charge < -0.3 is 15.4 Å². The molecule has 0 aliphatic rings. The Labute approximate surface area is 108 Å². The Bertz CT molecular complexity index is 405. The van der Waals surface area contributed by atoms with Crippen LogP contribution in [-0.4, -0.2) is 38.6 Å². The lowest BCUT2D eigenvalue weighted by atomic mass is 10.1. The maximum Gasteiger partial charge on any atom is 0.203 e. The van der Waals surface area contributed by atoms with Crippen molar-refractivity contribution in [2.24, 2.45) is 16.6 Å². The maximum atomic E-state index is 5.53. The van der Waals surface area contributed by atoms with Crippen molar-refractivity contribution in [1.29, 1.82) is 0 Å². The topological polar surface area (TPSA) is 88.9 Å². The molecule has 1 aromatic rings. The fourth-order valence-electron chi connectivity index (χ4n) is 1.65. The van der Waals surface area contributed by atoms with Gasteiger partial charge in [-0.05, 0) is 31.8 Å². The van der Waals surface area contributed by atoms with Crippen molar-refractivity contribution in [2.45, 2.75) is 6.04 Å². The molecule has 0 radical (unpaired) electrons. The Kier molecular flexibility index (Phi) is 5.41. The highest BCUT2D eigenvalue weighted by Crippen LogP contribution is 2.22. The van der Waals surface area contributed by atoms with Crippen molar-refractivity contribution in [2.75, 3.05) is 27.7 Å². The smallest absolute Gasteiger partial charge is 0.203 e. The number of rotatable bonds is 5. The van der Waals surface area contributed by atoms with E-state index in [-0.39, 0.29) is 12.0 Å². The highest BCUT2D eigenvalue weighted by atomic mass is 16.5. The molecule has 0 amide bonds. The average Bonchev–Trinajstić information content (AvgIpc) is 2.38. The van der Waals surface area contributed by atoms with Crippen LogP contribution in [0.2, 0.25) is 0 Å². The van der Waals surface area contributed by atoms with E-state index in [2.05, 4.69) is 15.3 Å². The first-order valence-corrected chi connectivity index (χ1v) is 5.65. The van der Waals surface area contributed by atoms with Crippen molar-refractivity contribution < 1.29 is 4.74 Å². The van der Waals surface area contributed by atoms with Crippen molar-refractivity contribution in [1.82, 2.24) is 10.3 Å². The Morgan fingerprint density at radius 1 is 1.50 bits per heavy atom. The van der Waals surface area contributed by atoms with Crippen molar-refractivity contribution >= 4 is 5.96 Å². The molecule has 18 heavy (non-hydrogen) atoms. The predicted molar refractivity (Wildman–Crippen MR) is 73.2 cm³/mol. The number of methoxy groups -OCH3 is 1. The van der Waals surface area contributed by atoms with Crippen molar-refractivity contribution in [3.8, 4) is 5.75 Å². The first-order valence-electron chi connectivity index (χ1n) is 5.65. The van der Waals surface area contributed by atoms with E-state index >= 15 is 0 Å². The van der Waals surface area contributed by atoms with Gasteiger partial charge in [0.2, 0.25) is 5.96 Å². The molecule has 6 heteroatoms. The van der Waals surface area contributed by atoms with Gasteiger partial charge in [0.05, 0.1) is 19.7 Å². The number of ether oxygens (including phenoxy) is 1. The summed E-state index contributed by atoms with van der Waals surface area (Å²) in [4.78, 5) is 6.24. The standard InChI is InChI=1S/C12H21N5O/c1-17(2)11(8-15-12(13)16-14)9-5-4-6-10(7-9)18-3/h4-7,11H,8,14H2,1-3H3,(H3,13,15,16). The van der Waals surface area contributed by atoms with Crippen LogP contribution in [0, 0.1) is 0 Å². The van der Waals surface area contributed by atoms with E-state index in [1.54, 1.807) is 7.11 Å². The van der Waals surface area contributed by atoms with E-state index in [4.69, 9.17) is 16.3 Å². The van der Waals surface area contributed by atoms with Crippen LogP contribution in [0.1, 0.15) is 11.6 Å². The van der Waals surface area contributed by atoms with Gasteiger partial charge in [-0.1, -0.05) is 12.1 Å². The summed E-state index contributed by atoms with van der Waals surface area (Å²) in [5, 5.41) is 0. The average molecular weight is 251 g/mol. The summed E-state index contributed by atoms with van der Waals surface area (Å²) in [5.74, 6) is 6.23. The molecule has 0 fully saturated rings. The number of nitrogens with zero attached hydrogens (tertiary/aromatic N) is 2. The lowest BCUT2D eigenvalue weighted by molar-refractivity contribution is 0.305.